The van der Waals surface area contributed by atoms with Gasteiger partial charge in [-0.3, -0.25) is 23.4 Å². The van der Waals surface area contributed by atoms with E-state index in [0.717, 1.165) is 122 Å². The Morgan fingerprint density at radius 1 is 0.453 bits per heavy atom. The molecular formula is C52H89O11P. The zero-order valence-corrected chi connectivity index (χ0v) is 41.1. The van der Waals surface area contributed by atoms with Crippen LogP contribution in [0.3, 0.4) is 0 Å². The van der Waals surface area contributed by atoms with Gasteiger partial charge < -0.3 is 24.2 Å². The molecule has 11 nitrogen and oxygen atoms in total. The molecule has 0 saturated heterocycles. The van der Waals surface area contributed by atoms with E-state index >= 15 is 0 Å². The summed E-state index contributed by atoms with van der Waals surface area (Å²) in [5.74, 6) is -1.53. The van der Waals surface area contributed by atoms with Crippen LogP contribution < -0.4 is 0 Å². The first-order chi connectivity index (χ1) is 31.2. The van der Waals surface area contributed by atoms with Crippen molar-refractivity contribution in [1.29, 1.82) is 0 Å². The van der Waals surface area contributed by atoms with Gasteiger partial charge >= 0.3 is 25.7 Å². The van der Waals surface area contributed by atoms with Crippen molar-refractivity contribution >= 4 is 25.7 Å². The molecule has 3 unspecified atom stereocenters. The zero-order valence-electron chi connectivity index (χ0n) is 40.2. The van der Waals surface area contributed by atoms with Gasteiger partial charge in [-0.2, -0.15) is 0 Å². The average molecular weight is 921 g/mol. The Labute approximate surface area is 388 Å². The molecule has 3 atom stereocenters. The third-order valence-corrected chi connectivity index (χ3v) is 11.0. The van der Waals surface area contributed by atoms with E-state index in [0.29, 0.717) is 19.3 Å². The summed E-state index contributed by atoms with van der Waals surface area (Å²) in [4.78, 5) is 48.2. The number of aliphatic hydroxyl groups excluding tert-OH is 1. The van der Waals surface area contributed by atoms with Crippen LogP contribution >= 0.6 is 7.82 Å². The van der Waals surface area contributed by atoms with E-state index in [2.05, 4.69) is 93.7 Å². The third kappa shape index (κ3) is 44.1. The van der Waals surface area contributed by atoms with E-state index in [1.54, 1.807) is 0 Å². The maximum absolute atomic E-state index is 12.8. The van der Waals surface area contributed by atoms with E-state index < -0.39 is 57.8 Å². The summed E-state index contributed by atoms with van der Waals surface area (Å²) < 4.78 is 39.2. The van der Waals surface area contributed by atoms with E-state index in [9.17, 15) is 28.9 Å². The number of rotatable bonds is 45. The van der Waals surface area contributed by atoms with Crippen molar-refractivity contribution in [2.45, 2.75) is 213 Å². The van der Waals surface area contributed by atoms with Crippen LogP contribution in [0.4, 0.5) is 0 Å². The minimum absolute atomic E-state index is 0.127. The predicted molar refractivity (Wildman–Crippen MR) is 261 cm³/mol. The van der Waals surface area contributed by atoms with Gasteiger partial charge in [0.25, 0.3) is 0 Å². The lowest BCUT2D eigenvalue weighted by molar-refractivity contribution is -0.161. The average Bonchev–Trinajstić information content (AvgIpc) is 3.28. The Bertz CT molecular complexity index is 1350. The Kier molecular flexibility index (Phi) is 44.2. The number of allylic oxidation sites excluding steroid dienone is 12. The van der Waals surface area contributed by atoms with E-state index in [-0.39, 0.29) is 25.9 Å². The number of unbranched alkanes of at least 4 members (excludes halogenated alkanes) is 16. The van der Waals surface area contributed by atoms with Gasteiger partial charge in [-0.1, -0.05) is 158 Å². The van der Waals surface area contributed by atoms with Gasteiger partial charge in [0.05, 0.1) is 19.8 Å². The molecule has 0 fully saturated rings. The van der Waals surface area contributed by atoms with Crippen molar-refractivity contribution in [2.24, 2.45) is 0 Å². The molecule has 0 amide bonds. The van der Waals surface area contributed by atoms with Crippen LogP contribution in [-0.2, 0) is 42.2 Å². The molecule has 0 aromatic rings. The Hall–Kier alpha value is -3.08. The molecule has 0 aliphatic rings. The molecule has 0 bridgehead atoms. The number of phosphoric acid groups is 1. The molecule has 368 valence electrons. The first-order valence-corrected chi connectivity index (χ1v) is 26.3. The normalized spacial score (nSPS) is 14.1. The smallest absolute Gasteiger partial charge is 0.462 e. The molecule has 0 aliphatic carbocycles. The van der Waals surface area contributed by atoms with Crippen LogP contribution in [0.15, 0.2) is 72.9 Å². The molecule has 0 radical (unpaired) electrons. The highest BCUT2D eigenvalue weighted by atomic mass is 31.2. The zero-order chi connectivity index (χ0) is 47.0. The van der Waals surface area contributed by atoms with Gasteiger partial charge in [0.15, 0.2) is 6.10 Å². The summed E-state index contributed by atoms with van der Waals surface area (Å²) in [6.45, 7) is 4.33. The van der Waals surface area contributed by atoms with E-state index in [1.807, 2.05) is 0 Å². The van der Waals surface area contributed by atoms with Crippen LogP contribution in [0.2, 0.25) is 0 Å². The maximum atomic E-state index is 12.8. The van der Waals surface area contributed by atoms with Crippen LogP contribution in [0.1, 0.15) is 201 Å². The van der Waals surface area contributed by atoms with Gasteiger partial charge in [-0.05, 0) is 96.3 Å². The highest BCUT2D eigenvalue weighted by molar-refractivity contribution is 7.47. The number of aliphatic hydroxyl groups is 1. The second-order valence-corrected chi connectivity index (χ2v) is 17.7. The Morgan fingerprint density at radius 3 is 1.34 bits per heavy atom. The molecular weight excluding hydrogens is 832 g/mol. The van der Waals surface area contributed by atoms with Gasteiger partial charge in [-0.15, -0.1) is 0 Å². The second kappa shape index (κ2) is 46.4. The highest BCUT2D eigenvalue weighted by Gasteiger charge is 2.28. The van der Waals surface area contributed by atoms with Crippen LogP contribution in [0.25, 0.3) is 0 Å². The fourth-order valence-electron chi connectivity index (χ4n) is 6.27. The van der Waals surface area contributed by atoms with Gasteiger partial charge in [0, 0.05) is 19.3 Å². The van der Waals surface area contributed by atoms with Gasteiger partial charge in [0.2, 0.25) is 0 Å². The molecule has 0 aliphatic heterocycles. The van der Waals surface area contributed by atoms with Crippen molar-refractivity contribution < 1.29 is 52.2 Å². The molecule has 0 rings (SSSR count). The molecule has 12 heteroatoms. The van der Waals surface area contributed by atoms with Gasteiger partial charge in [-0.25, -0.2) is 4.57 Å². The minimum atomic E-state index is -4.75. The van der Waals surface area contributed by atoms with Crippen molar-refractivity contribution in [1.82, 2.24) is 0 Å². The number of carbonyl (C=O) groups is 3. The third-order valence-electron chi connectivity index (χ3n) is 10.1. The molecule has 0 saturated carbocycles. The summed E-state index contributed by atoms with van der Waals surface area (Å²) in [5.41, 5.74) is 0. The quantitative estimate of drug-likeness (QED) is 0.0197. The first kappa shape index (κ1) is 60.9. The van der Waals surface area contributed by atoms with Crippen LogP contribution in [-0.4, -0.2) is 66.5 Å². The number of hydrogen-bond acceptors (Lipinski definition) is 10. The summed E-state index contributed by atoms with van der Waals surface area (Å²) in [5, 5.41) is 9.74. The largest absolute Gasteiger partial charge is 0.472 e. The molecule has 0 heterocycles. The Morgan fingerprint density at radius 2 is 0.844 bits per heavy atom. The van der Waals surface area contributed by atoms with Crippen molar-refractivity contribution in [2.75, 3.05) is 26.4 Å². The lowest BCUT2D eigenvalue weighted by Crippen LogP contribution is -2.30. The number of phosphoric ester groups is 1. The SMILES string of the molecule is CC/C=C\C/C=C\C/C=C\CCCCCC(=O)OC(COC(=O)CCCCCCC/C=C\C/C=C\CCC)COP(=O)(O)OCC(CO)OC(=O)CCCCCCC/C=C\CCCC. The molecule has 2 N–H and O–H groups in total. The topological polar surface area (TPSA) is 155 Å². The summed E-state index contributed by atoms with van der Waals surface area (Å²) in [6, 6.07) is 0. The van der Waals surface area contributed by atoms with Gasteiger partial charge in [0.1, 0.15) is 12.7 Å². The number of esters is 3. The van der Waals surface area contributed by atoms with Crippen molar-refractivity contribution in [3.05, 3.63) is 72.9 Å². The summed E-state index contributed by atoms with van der Waals surface area (Å²) in [7, 11) is -4.75. The Balaban J connectivity index is 4.82. The maximum Gasteiger partial charge on any atom is 0.472 e. The number of carbonyl (C=O) groups excluding carboxylic acids is 3. The number of hydrogen-bond donors (Lipinski definition) is 2. The molecule has 0 aromatic carbocycles. The second-order valence-electron chi connectivity index (χ2n) is 16.2. The molecule has 64 heavy (non-hydrogen) atoms. The predicted octanol–water partition coefficient (Wildman–Crippen LogP) is 13.8. The van der Waals surface area contributed by atoms with E-state index in [4.69, 9.17) is 23.3 Å². The summed E-state index contributed by atoms with van der Waals surface area (Å²) >= 11 is 0. The lowest BCUT2D eigenvalue weighted by atomic mass is 10.1. The summed E-state index contributed by atoms with van der Waals surface area (Å²) in [6.07, 6.45) is 48.8. The molecule has 0 aromatic heterocycles. The monoisotopic (exact) mass is 921 g/mol. The lowest BCUT2D eigenvalue weighted by Gasteiger charge is -2.21. The first-order valence-electron chi connectivity index (χ1n) is 24.8. The van der Waals surface area contributed by atoms with Crippen LogP contribution in [0.5, 0.6) is 0 Å². The van der Waals surface area contributed by atoms with Crippen LogP contribution in [0, 0.1) is 0 Å². The number of ether oxygens (including phenoxy) is 3. The fraction of sp³-hybridized carbons (Fsp3) is 0.712. The fourth-order valence-corrected chi connectivity index (χ4v) is 7.05. The van der Waals surface area contributed by atoms with Crippen molar-refractivity contribution in [3.8, 4) is 0 Å². The highest BCUT2D eigenvalue weighted by Crippen LogP contribution is 2.43. The molecule has 0 spiro atoms. The standard InChI is InChI=1S/C52H89O11P/c1-4-7-10-13-16-19-22-24-27-29-32-35-38-41-50(54)59-45-49(63-52(56)43-40-37-34-31-28-25-23-20-17-14-11-8-5-2)47-61-64(57,58)60-46-48(44-53)62-51(55)42-39-36-33-30-26-21-18-15-12-9-6-3/h8,10-11,13,15,17-20,22,25,28,48-49,53H,4-7,9,12,14,16,21,23-24,26-27,29-47H2,1-3H3,(H,57,58)/b11-8-,13-10-,18-15-,20-17-,22-19-,28-25-. The van der Waals surface area contributed by atoms with E-state index in [1.165, 1.54) is 19.3 Å². The van der Waals surface area contributed by atoms with Crippen molar-refractivity contribution in [3.63, 3.8) is 0 Å². The minimum Gasteiger partial charge on any atom is -0.462 e.